The van der Waals surface area contributed by atoms with Crippen LogP contribution in [0, 0.1) is 0 Å². The highest BCUT2D eigenvalue weighted by molar-refractivity contribution is 5.99. The number of hydrogen-bond donors (Lipinski definition) is 0. The molecule has 11 aromatic rings. The van der Waals surface area contributed by atoms with E-state index in [2.05, 4.69) is 241 Å². The molecule has 0 fully saturated rings. The van der Waals surface area contributed by atoms with E-state index in [-0.39, 0.29) is 0 Å². The van der Waals surface area contributed by atoms with Crippen LogP contribution in [-0.4, -0.2) is 0 Å². The summed E-state index contributed by atoms with van der Waals surface area (Å²) in [6, 6.07) is 91.0. The fourth-order valence-corrected chi connectivity index (χ4v) is 10.9. The third kappa shape index (κ3) is 5.74. The Morgan fingerprint density at radius 3 is 1.28 bits per heavy atom. The molecule has 1 spiro atoms. The Bertz CT molecular complexity index is 3400. The van der Waals surface area contributed by atoms with Gasteiger partial charge in [0.15, 0.2) is 0 Å². The predicted octanol–water partition coefficient (Wildman–Crippen LogP) is 16.9. The van der Waals surface area contributed by atoms with Crippen LogP contribution in [-0.2, 0) is 5.41 Å². The zero-order valence-corrected chi connectivity index (χ0v) is 35.5. The SMILES string of the molecule is c1ccc(-c2ccccc2-c2ccc3c(c2)C2(c4ccccc4-c4ccccc42)c2cc(-c4ccccc4-c4ccccc4)ccc2N3c2cccc(-c3cc4ccccc4o3)c2)cc1. The van der Waals surface area contributed by atoms with Crippen LogP contribution in [0.1, 0.15) is 22.3 Å². The predicted molar refractivity (Wildman–Crippen MR) is 269 cm³/mol. The van der Waals surface area contributed by atoms with Gasteiger partial charge in [0.2, 0.25) is 0 Å². The molecular formula is C63H41NO. The van der Waals surface area contributed by atoms with E-state index in [0.717, 1.165) is 39.4 Å². The Kier molecular flexibility index (Phi) is 8.47. The van der Waals surface area contributed by atoms with Crippen molar-refractivity contribution in [3.05, 3.63) is 271 Å². The van der Waals surface area contributed by atoms with Crippen molar-refractivity contribution < 1.29 is 4.42 Å². The van der Waals surface area contributed by atoms with Gasteiger partial charge in [-0.25, -0.2) is 0 Å². The quantitative estimate of drug-likeness (QED) is 0.166. The second-order valence-electron chi connectivity index (χ2n) is 17.2. The number of nitrogens with zero attached hydrogens (tertiary/aromatic N) is 1. The molecule has 1 aliphatic heterocycles. The monoisotopic (exact) mass is 827 g/mol. The van der Waals surface area contributed by atoms with Crippen LogP contribution in [0.5, 0.6) is 0 Å². The minimum atomic E-state index is -0.653. The zero-order chi connectivity index (χ0) is 42.9. The average molecular weight is 828 g/mol. The summed E-state index contributed by atoms with van der Waals surface area (Å²) >= 11 is 0. The van der Waals surface area contributed by atoms with Crippen molar-refractivity contribution in [3.63, 3.8) is 0 Å². The molecule has 0 unspecified atom stereocenters. The van der Waals surface area contributed by atoms with Crippen molar-refractivity contribution in [2.75, 3.05) is 4.90 Å². The molecule has 0 saturated carbocycles. The van der Waals surface area contributed by atoms with Crippen LogP contribution < -0.4 is 4.90 Å². The lowest BCUT2D eigenvalue weighted by molar-refractivity contribution is 0.631. The first-order chi connectivity index (χ1) is 32.2. The number of rotatable bonds is 6. The summed E-state index contributed by atoms with van der Waals surface area (Å²) in [4.78, 5) is 2.49. The lowest BCUT2D eigenvalue weighted by Crippen LogP contribution is -2.36. The number of furan rings is 1. The third-order valence-electron chi connectivity index (χ3n) is 13.7. The highest BCUT2D eigenvalue weighted by atomic mass is 16.3. The van der Waals surface area contributed by atoms with Crippen LogP contribution in [0.15, 0.2) is 253 Å². The molecule has 0 N–H and O–H groups in total. The van der Waals surface area contributed by atoms with E-state index < -0.39 is 5.41 Å². The number of anilines is 3. The largest absolute Gasteiger partial charge is 0.456 e. The smallest absolute Gasteiger partial charge is 0.135 e. The van der Waals surface area contributed by atoms with E-state index in [1.165, 1.54) is 77.9 Å². The van der Waals surface area contributed by atoms with Gasteiger partial charge in [0.1, 0.15) is 11.3 Å². The van der Waals surface area contributed by atoms with Gasteiger partial charge in [-0.05, 0) is 126 Å². The minimum absolute atomic E-state index is 0.653. The summed E-state index contributed by atoms with van der Waals surface area (Å²) in [5.74, 6) is 0.848. The molecule has 1 aromatic heterocycles. The lowest BCUT2D eigenvalue weighted by atomic mass is 9.64. The molecule has 0 radical (unpaired) electrons. The average Bonchev–Trinajstić information content (AvgIpc) is 3.95. The zero-order valence-electron chi connectivity index (χ0n) is 35.5. The maximum absolute atomic E-state index is 6.50. The second kappa shape index (κ2) is 14.8. The van der Waals surface area contributed by atoms with Gasteiger partial charge in [-0.3, -0.25) is 0 Å². The van der Waals surface area contributed by atoms with Gasteiger partial charge < -0.3 is 9.32 Å². The summed E-state index contributed by atoms with van der Waals surface area (Å²) in [5, 5.41) is 1.09. The standard InChI is InChI=1S/C63H41NO/c1-3-18-42(19-4-1)49-25-8-10-27-51(49)44-34-36-59-57(39-44)63(55-31-14-12-29-53(55)54-30-13-15-32-56(54)63)58-40-45(52-28-11-9-26-50(52)43-20-5-2-6-21-43)35-37-60(58)64(59)48-24-17-23-46(38-48)62-41-47-22-7-16-33-61(47)65-62/h1-41H. The molecule has 2 heterocycles. The molecule has 65 heavy (non-hydrogen) atoms. The van der Waals surface area contributed by atoms with E-state index in [4.69, 9.17) is 4.42 Å². The van der Waals surface area contributed by atoms with E-state index in [1.807, 2.05) is 12.1 Å². The Balaban J connectivity index is 1.13. The minimum Gasteiger partial charge on any atom is -0.456 e. The summed E-state index contributed by atoms with van der Waals surface area (Å²) in [6.07, 6.45) is 0. The fourth-order valence-electron chi connectivity index (χ4n) is 10.9. The molecule has 2 heteroatoms. The van der Waals surface area contributed by atoms with Crippen molar-refractivity contribution in [1.29, 1.82) is 0 Å². The molecule has 13 rings (SSSR count). The van der Waals surface area contributed by atoms with Gasteiger partial charge in [-0.1, -0.05) is 200 Å². The first kappa shape index (κ1) is 37.1. The molecule has 1 aliphatic carbocycles. The van der Waals surface area contributed by atoms with Crippen LogP contribution >= 0.6 is 0 Å². The molecule has 0 amide bonds. The van der Waals surface area contributed by atoms with Crippen molar-refractivity contribution in [2.45, 2.75) is 5.41 Å². The van der Waals surface area contributed by atoms with Gasteiger partial charge in [-0.2, -0.15) is 0 Å². The molecule has 0 saturated heterocycles. The molecular weight excluding hydrogens is 787 g/mol. The fraction of sp³-hybridized carbons (Fsp3) is 0.0159. The van der Waals surface area contributed by atoms with Crippen molar-refractivity contribution in [3.8, 4) is 67.0 Å². The van der Waals surface area contributed by atoms with Crippen LogP contribution in [0.25, 0.3) is 77.9 Å². The first-order valence-electron chi connectivity index (χ1n) is 22.4. The summed E-state index contributed by atoms with van der Waals surface area (Å²) in [6.45, 7) is 0. The summed E-state index contributed by atoms with van der Waals surface area (Å²) in [5.41, 5.74) is 21.8. The van der Waals surface area contributed by atoms with E-state index in [0.29, 0.717) is 0 Å². The van der Waals surface area contributed by atoms with Crippen molar-refractivity contribution in [1.82, 2.24) is 0 Å². The first-order valence-corrected chi connectivity index (χ1v) is 22.4. The highest BCUT2D eigenvalue weighted by Gasteiger charge is 2.52. The molecule has 304 valence electrons. The maximum atomic E-state index is 6.50. The Morgan fingerprint density at radius 1 is 0.292 bits per heavy atom. The molecule has 2 nitrogen and oxygen atoms in total. The van der Waals surface area contributed by atoms with Crippen LogP contribution in [0.4, 0.5) is 17.1 Å². The van der Waals surface area contributed by atoms with E-state index in [9.17, 15) is 0 Å². The van der Waals surface area contributed by atoms with E-state index >= 15 is 0 Å². The normalized spacial score (nSPS) is 13.0. The number of fused-ring (bicyclic) bond motifs is 10. The molecule has 0 atom stereocenters. The topological polar surface area (TPSA) is 16.4 Å². The Labute approximate surface area is 379 Å². The van der Waals surface area contributed by atoms with Gasteiger partial charge >= 0.3 is 0 Å². The van der Waals surface area contributed by atoms with Gasteiger partial charge in [0, 0.05) is 16.6 Å². The van der Waals surface area contributed by atoms with Gasteiger partial charge in [0.25, 0.3) is 0 Å². The third-order valence-corrected chi connectivity index (χ3v) is 13.7. The van der Waals surface area contributed by atoms with Crippen molar-refractivity contribution in [2.24, 2.45) is 0 Å². The van der Waals surface area contributed by atoms with Gasteiger partial charge in [-0.15, -0.1) is 0 Å². The Hall–Kier alpha value is -8.46. The van der Waals surface area contributed by atoms with E-state index in [1.54, 1.807) is 0 Å². The van der Waals surface area contributed by atoms with Gasteiger partial charge in [0.05, 0.1) is 16.8 Å². The summed E-state index contributed by atoms with van der Waals surface area (Å²) in [7, 11) is 0. The highest BCUT2D eigenvalue weighted by Crippen LogP contribution is 2.64. The number of hydrogen-bond acceptors (Lipinski definition) is 2. The molecule has 2 aliphatic rings. The molecule has 0 bridgehead atoms. The van der Waals surface area contributed by atoms with Crippen LogP contribution in [0.3, 0.4) is 0 Å². The number of para-hydroxylation sites is 1. The second-order valence-corrected chi connectivity index (χ2v) is 17.2. The number of benzene rings is 10. The molecule has 10 aromatic carbocycles. The summed E-state index contributed by atoms with van der Waals surface area (Å²) < 4.78 is 6.50. The van der Waals surface area contributed by atoms with Crippen molar-refractivity contribution >= 4 is 28.0 Å². The lowest BCUT2D eigenvalue weighted by Gasteiger charge is -2.45. The van der Waals surface area contributed by atoms with Crippen LogP contribution in [0.2, 0.25) is 0 Å². The Morgan fingerprint density at radius 2 is 0.738 bits per heavy atom. The maximum Gasteiger partial charge on any atom is 0.135 e.